The number of hydrogen-bond donors (Lipinski definition) is 2. The van der Waals surface area contributed by atoms with Crippen LogP contribution in [0.2, 0.25) is 0 Å². The summed E-state index contributed by atoms with van der Waals surface area (Å²) in [5, 5.41) is 6.76. The number of hydrogen-bond acceptors (Lipinski definition) is 4. The van der Waals surface area contributed by atoms with E-state index >= 15 is 0 Å². The Morgan fingerprint density at radius 1 is 1.29 bits per heavy atom. The molecule has 2 heterocycles. The molecule has 5 nitrogen and oxygen atoms in total. The molecule has 0 aromatic carbocycles. The zero-order valence-corrected chi connectivity index (χ0v) is 9.06. The molecule has 0 aliphatic rings. The summed E-state index contributed by atoms with van der Waals surface area (Å²) < 4.78 is 0. The van der Waals surface area contributed by atoms with Gasteiger partial charge in [0.15, 0.2) is 5.82 Å². The van der Waals surface area contributed by atoms with Crippen LogP contribution in [0.25, 0.3) is 11.4 Å². The molecule has 0 amide bonds. The van der Waals surface area contributed by atoms with Crippen LogP contribution in [0, 0.1) is 0 Å². The van der Waals surface area contributed by atoms with E-state index in [2.05, 4.69) is 20.2 Å². The molecule has 0 radical (unpaired) electrons. The molecule has 0 aliphatic heterocycles. The highest BCUT2D eigenvalue weighted by atomic mass is 79.9. The predicted octanol–water partition coefficient (Wildman–Crippen LogP) is 0.903. The van der Waals surface area contributed by atoms with E-state index in [0.717, 1.165) is 5.56 Å². The second-order valence-corrected chi connectivity index (χ2v) is 2.55. The smallest absolute Gasteiger partial charge is 0.181 e. The predicted molar refractivity (Wildman–Crippen MR) is 57.8 cm³/mol. The monoisotopic (exact) mass is 255 g/mol. The number of nitrogens with two attached hydrogens (primary N) is 1. The Labute approximate surface area is 91.5 Å². The van der Waals surface area contributed by atoms with Gasteiger partial charge in [0.1, 0.15) is 5.82 Å². The fourth-order valence-electron chi connectivity index (χ4n) is 1.02. The van der Waals surface area contributed by atoms with Crippen molar-refractivity contribution in [2.24, 2.45) is 5.73 Å². The fourth-order valence-corrected chi connectivity index (χ4v) is 1.02. The van der Waals surface area contributed by atoms with Crippen molar-refractivity contribution in [3.05, 3.63) is 30.4 Å². The van der Waals surface area contributed by atoms with Crippen LogP contribution < -0.4 is 5.73 Å². The van der Waals surface area contributed by atoms with Crippen LogP contribution in [0.5, 0.6) is 0 Å². The molecular formula is C8H10BrN5. The van der Waals surface area contributed by atoms with Crippen molar-refractivity contribution in [2.45, 2.75) is 6.54 Å². The average molecular weight is 256 g/mol. The lowest BCUT2D eigenvalue weighted by atomic mass is 10.2. The highest BCUT2D eigenvalue weighted by Crippen LogP contribution is 2.11. The van der Waals surface area contributed by atoms with Gasteiger partial charge in [0.05, 0.1) is 6.54 Å². The van der Waals surface area contributed by atoms with Crippen molar-refractivity contribution in [3.63, 3.8) is 0 Å². The maximum atomic E-state index is 5.40. The van der Waals surface area contributed by atoms with E-state index in [1.807, 2.05) is 12.1 Å². The summed E-state index contributed by atoms with van der Waals surface area (Å²) in [5.41, 5.74) is 6.33. The van der Waals surface area contributed by atoms with E-state index < -0.39 is 0 Å². The summed E-state index contributed by atoms with van der Waals surface area (Å²) in [5.74, 6) is 1.34. The van der Waals surface area contributed by atoms with Crippen molar-refractivity contribution >= 4 is 17.0 Å². The first-order chi connectivity index (χ1) is 6.40. The van der Waals surface area contributed by atoms with Gasteiger partial charge in [-0.1, -0.05) is 0 Å². The molecule has 74 valence electrons. The zero-order valence-electron chi connectivity index (χ0n) is 7.34. The van der Waals surface area contributed by atoms with Crippen LogP contribution in [0.15, 0.2) is 24.5 Å². The van der Waals surface area contributed by atoms with Gasteiger partial charge in [-0.05, 0) is 12.1 Å². The number of aromatic nitrogens is 4. The van der Waals surface area contributed by atoms with Gasteiger partial charge in [-0.2, -0.15) is 5.10 Å². The minimum Gasteiger partial charge on any atom is -0.324 e. The van der Waals surface area contributed by atoms with Gasteiger partial charge < -0.3 is 5.73 Å². The molecule has 0 spiro atoms. The number of pyridine rings is 1. The Morgan fingerprint density at radius 3 is 2.57 bits per heavy atom. The standard InChI is InChI=1S/C8H9N5.BrH/c9-5-7-11-8(13-12-7)6-1-3-10-4-2-6;/h1-4H,5,9H2,(H,11,12,13);1H. The highest BCUT2D eigenvalue weighted by molar-refractivity contribution is 8.93. The summed E-state index contributed by atoms with van der Waals surface area (Å²) >= 11 is 0. The van der Waals surface area contributed by atoms with Crippen LogP contribution in [0.4, 0.5) is 0 Å². The van der Waals surface area contributed by atoms with Gasteiger partial charge in [0.25, 0.3) is 0 Å². The number of nitrogens with zero attached hydrogens (tertiary/aromatic N) is 3. The van der Waals surface area contributed by atoms with E-state index in [4.69, 9.17) is 5.73 Å². The SMILES string of the molecule is Br.NCc1nc(-c2ccncc2)n[nH]1. The molecular weight excluding hydrogens is 246 g/mol. The first kappa shape index (κ1) is 10.8. The van der Waals surface area contributed by atoms with Gasteiger partial charge in [-0.25, -0.2) is 4.98 Å². The Hall–Kier alpha value is -1.27. The lowest BCUT2D eigenvalue weighted by Crippen LogP contribution is -1.97. The van der Waals surface area contributed by atoms with E-state index in [9.17, 15) is 0 Å². The van der Waals surface area contributed by atoms with Crippen LogP contribution in [-0.4, -0.2) is 20.2 Å². The maximum absolute atomic E-state index is 5.40. The van der Waals surface area contributed by atoms with Gasteiger partial charge in [0, 0.05) is 18.0 Å². The molecule has 2 aromatic rings. The Morgan fingerprint density at radius 2 is 2.00 bits per heavy atom. The molecule has 14 heavy (non-hydrogen) atoms. The van der Waals surface area contributed by atoms with E-state index in [1.165, 1.54) is 0 Å². The van der Waals surface area contributed by atoms with Crippen molar-refractivity contribution in [1.82, 2.24) is 20.2 Å². The molecule has 0 fully saturated rings. The normalized spacial score (nSPS) is 9.50. The van der Waals surface area contributed by atoms with Crippen LogP contribution in [0.3, 0.4) is 0 Å². The number of halogens is 1. The number of aromatic amines is 1. The highest BCUT2D eigenvalue weighted by Gasteiger charge is 2.02. The first-order valence-electron chi connectivity index (χ1n) is 3.92. The third-order valence-electron chi connectivity index (χ3n) is 1.66. The maximum Gasteiger partial charge on any atom is 0.181 e. The van der Waals surface area contributed by atoms with Gasteiger partial charge in [-0.3, -0.25) is 10.1 Å². The zero-order chi connectivity index (χ0) is 9.10. The molecule has 0 bridgehead atoms. The number of nitrogens with one attached hydrogen (secondary N) is 1. The topological polar surface area (TPSA) is 80.5 Å². The van der Waals surface area contributed by atoms with Crippen molar-refractivity contribution < 1.29 is 0 Å². The largest absolute Gasteiger partial charge is 0.324 e. The van der Waals surface area contributed by atoms with E-state index in [0.29, 0.717) is 18.2 Å². The van der Waals surface area contributed by atoms with Crippen molar-refractivity contribution in [1.29, 1.82) is 0 Å². The molecule has 0 atom stereocenters. The van der Waals surface area contributed by atoms with Gasteiger partial charge in [-0.15, -0.1) is 17.0 Å². The van der Waals surface area contributed by atoms with Gasteiger partial charge >= 0.3 is 0 Å². The molecule has 6 heteroatoms. The summed E-state index contributed by atoms with van der Waals surface area (Å²) in [6.07, 6.45) is 3.40. The summed E-state index contributed by atoms with van der Waals surface area (Å²) in [4.78, 5) is 8.09. The molecule has 2 rings (SSSR count). The second kappa shape index (κ2) is 4.83. The Bertz CT molecular complexity index is 386. The van der Waals surface area contributed by atoms with Crippen LogP contribution in [-0.2, 0) is 6.54 Å². The van der Waals surface area contributed by atoms with Crippen LogP contribution in [0.1, 0.15) is 5.82 Å². The molecule has 0 unspecified atom stereocenters. The molecule has 0 saturated heterocycles. The number of rotatable bonds is 2. The Balaban J connectivity index is 0.000000980. The van der Waals surface area contributed by atoms with Crippen molar-refractivity contribution in [2.75, 3.05) is 0 Å². The Kier molecular flexibility index (Phi) is 3.73. The third-order valence-corrected chi connectivity index (χ3v) is 1.66. The summed E-state index contributed by atoms with van der Waals surface area (Å²) in [6, 6.07) is 3.70. The van der Waals surface area contributed by atoms with Crippen molar-refractivity contribution in [3.8, 4) is 11.4 Å². The fraction of sp³-hybridized carbons (Fsp3) is 0.125. The minimum atomic E-state index is 0. The van der Waals surface area contributed by atoms with Crippen LogP contribution >= 0.6 is 17.0 Å². The number of H-pyrrole nitrogens is 1. The lowest BCUT2D eigenvalue weighted by Gasteiger charge is -1.90. The van der Waals surface area contributed by atoms with E-state index in [-0.39, 0.29) is 17.0 Å². The molecule has 0 aliphatic carbocycles. The summed E-state index contributed by atoms with van der Waals surface area (Å²) in [7, 11) is 0. The second-order valence-electron chi connectivity index (χ2n) is 2.55. The summed E-state index contributed by atoms with van der Waals surface area (Å²) in [6.45, 7) is 0.373. The quantitative estimate of drug-likeness (QED) is 0.836. The molecule has 3 N–H and O–H groups in total. The first-order valence-corrected chi connectivity index (χ1v) is 3.92. The molecule has 0 saturated carbocycles. The lowest BCUT2D eigenvalue weighted by molar-refractivity contribution is 0.917. The minimum absolute atomic E-state index is 0. The van der Waals surface area contributed by atoms with E-state index in [1.54, 1.807) is 12.4 Å². The average Bonchev–Trinajstić information content (AvgIpc) is 2.67. The molecule has 2 aromatic heterocycles. The third kappa shape index (κ3) is 2.15. The van der Waals surface area contributed by atoms with Gasteiger partial charge in [0.2, 0.25) is 0 Å².